The van der Waals surface area contributed by atoms with Crippen LogP contribution in [0, 0.1) is 16.0 Å². The molecular formula is C11H19N3O5S2. The van der Waals surface area contributed by atoms with Crippen molar-refractivity contribution in [2.75, 3.05) is 25.5 Å². The maximum Gasteiger partial charge on any atom is 0.304 e. The van der Waals surface area contributed by atoms with E-state index >= 15 is 0 Å². The summed E-state index contributed by atoms with van der Waals surface area (Å²) < 4.78 is 31.4. The van der Waals surface area contributed by atoms with Gasteiger partial charge in [0.2, 0.25) is 10.0 Å². The highest BCUT2D eigenvalue weighted by Gasteiger charge is 2.24. The molecule has 0 fully saturated rings. The molecule has 1 rings (SSSR count). The molecule has 0 saturated carbocycles. The van der Waals surface area contributed by atoms with Gasteiger partial charge in [0.15, 0.2) is 5.00 Å². The van der Waals surface area contributed by atoms with Crippen molar-refractivity contribution in [2.45, 2.75) is 24.5 Å². The van der Waals surface area contributed by atoms with Crippen molar-refractivity contribution in [3.05, 3.63) is 16.2 Å². The number of nitrogens with two attached hydrogens (primary N) is 1. The molecule has 1 aromatic heterocycles. The summed E-state index contributed by atoms with van der Waals surface area (Å²) in [6.45, 7) is 5.33. The van der Waals surface area contributed by atoms with Gasteiger partial charge >= 0.3 is 5.69 Å². The van der Waals surface area contributed by atoms with Crippen LogP contribution in [0.3, 0.4) is 0 Å². The fraction of sp³-hybridized carbons (Fsp3) is 0.636. The van der Waals surface area contributed by atoms with Crippen LogP contribution in [0.4, 0.5) is 10.7 Å². The summed E-state index contributed by atoms with van der Waals surface area (Å²) in [7, 11) is -3.77. The number of nitrogens with one attached hydrogen (secondary N) is 1. The number of sulfonamides is 1. The van der Waals surface area contributed by atoms with Gasteiger partial charge in [-0.2, -0.15) is 0 Å². The first-order valence-corrected chi connectivity index (χ1v) is 8.65. The van der Waals surface area contributed by atoms with Crippen molar-refractivity contribution < 1.29 is 18.1 Å². The predicted octanol–water partition coefficient (Wildman–Crippen LogP) is 1.58. The van der Waals surface area contributed by atoms with Gasteiger partial charge in [0.1, 0.15) is 4.21 Å². The van der Waals surface area contributed by atoms with Gasteiger partial charge in [-0.05, 0) is 12.3 Å². The van der Waals surface area contributed by atoms with E-state index in [1.807, 2.05) is 13.8 Å². The lowest BCUT2D eigenvalue weighted by Gasteiger charge is -2.07. The Morgan fingerprint density at radius 2 is 2.19 bits per heavy atom. The van der Waals surface area contributed by atoms with Gasteiger partial charge in [0.05, 0.1) is 4.92 Å². The SMILES string of the molecule is CC(C)COCCCNS(=O)(=O)c1cc([N+](=O)[O-])c(N)s1. The molecule has 1 heterocycles. The molecule has 8 nitrogen and oxygen atoms in total. The highest BCUT2D eigenvalue weighted by Crippen LogP contribution is 2.34. The number of rotatable bonds is 9. The van der Waals surface area contributed by atoms with Gasteiger partial charge < -0.3 is 10.5 Å². The summed E-state index contributed by atoms with van der Waals surface area (Å²) >= 11 is 0.676. The summed E-state index contributed by atoms with van der Waals surface area (Å²) in [4.78, 5) is 9.95. The van der Waals surface area contributed by atoms with Crippen molar-refractivity contribution in [1.82, 2.24) is 4.72 Å². The summed E-state index contributed by atoms with van der Waals surface area (Å²) in [5.74, 6) is 0.427. The monoisotopic (exact) mass is 337 g/mol. The number of thiophene rings is 1. The zero-order chi connectivity index (χ0) is 16.0. The van der Waals surface area contributed by atoms with Crippen LogP contribution in [0.2, 0.25) is 0 Å². The second-order valence-corrected chi connectivity index (χ2v) is 7.87. The highest BCUT2D eigenvalue weighted by molar-refractivity contribution is 7.91. The second-order valence-electron chi connectivity index (χ2n) is 4.79. The van der Waals surface area contributed by atoms with Gasteiger partial charge in [-0.1, -0.05) is 25.2 Å². The summed E-state index contributed by atoms with van der Waals surface area (Å²) in [6.07, 6.45) is 0.523. The number of ether oxygens (including phenoxy) is 1. The van der Waals surface area contributed by atoms with Crippen molar-refractivity contribution in [2.24, 2.45) is 5.92 Å². The van der Waals surface area contributed by atoms with E-state index < -0.39 is 14.9 Å². The van der Waals surface area contributed by atoms with Crippen LogP contribution in [-0.4, -0.2) is 33.1 Å². The van der Waals surface area contributed by atoms with Gasteiger partial charge in [-0.25, -0.2) is 13.1 Å². The molecule has 0 bridgehead atoms. The molecule has 0 unspecified atom stereocenters. The van der Waals surface area contributed by atoms with E-state index in [9.17, 15) is 18.5 Å². The van der Waals surface area contributed by atoms with Crippen LogP contribution in [0.5, 0.6) is 0 Å². The molecule has 21 heavy (non-hydrogen) atoms. The van der Waals surface area contributed by atoms with Crippen LogP contribution in [0.1, 0.15) is 20.3 Å². The van der Waals surface area contributed by atoms with Gasteiger partial charge in [0, 0.05) is 25.8 Å². The molecule has 10 heteroatoms. The predicted molar refractivity (Wildman–Crippen MR) is 80.8 cm³/mol. The molecule has 0 spiro atoms. The Kier molecular flexibility index (Phi) is 6.52. The minimum absolute atomic E-state index is 0.124. The van der Waals surface area contributed by atoms with E-state index in [4.69, 9.17) is 10.5 Å². The van der Waals surface area contributed by atoms with E-state index in [1.165, 1.54) is 0 Å². The Balaban J connectivity index is 2.50. The Hall–Kier alpha value is -1.23. The molecule has 0 saturated heterocycles. The highest BCUT2D eigenvalue weighted by atomic mass is 32.2. The molecular weight excluding hydrogens is 318 g/mol. The maximum absolute atomic E-state index is 11.9. The number of nitrogens with zero attached hydrogens (tertiary/aromatic N) is 1. The first-order chi connectivity index (χ1) is 9.74. The Bertz CT molecular complexity index is 583. The molecule has 0 radical (unpaired) electrons. The minimum atomic E-state index is -3.77. The second kappa shape index (κ2) is 7.69. The molecule has 0 aliphatic carbocycles. The van der Waals surface area contributed by atoms with Gasteiger partial charge in [-0.3, -0.25) is 10.1 Å². The van der Waals surface area contributed by atoms with E-state index in [0.717, 1.165) is 6.07 Å². The van der Waals surface area contributed by atoms with Crippen molar-refractivity contribution in [3.8, 4) is 0 Å². The molecule has 0 aromatic carbocycles. The zero-order valence-electron chi connectivity index (χ0n) is 11.9. The molecule has 3 N–H and O–H groups in total. The largest absolute Gasteiger partial charge is 0.385 e. The Morgan fingerprint density at radius 3 is 2.71 bits per heavy atom. The lowest BCUT2D eigenvalue weighted by Crippen LogP contribution is -2.25. The number of hydrogen-bond acceptors (Lipinski definition) is 7. The molecule has 1 aromatic rings. The van der Waals surface area contributed by atoms with Gasteiger partial charge in [0.25, 0.3) is 0 Å². The lowest BCUT2D eigenvalue weighted by molar-refractivity contribution is -0.383. The van der Waals surface area contributed by atoms with Crippen molar-refractivity contribution >= 4 is 32.0 Å². The third-order valence-electron chi connectivity index (χ3n) is 2.39. The standard InChI is InChI=1S/C11H19N3O5S2/c1-8(2)7-19-5-3-4-13-21(17,18)10-6-9(14(15)16)11(12)20-10/h6,8,13H,3-5,7,12H2,1-2H3. The van der Waals surface area contributed by atoms with Crippen molar-refractivity contribution in [3.63, 3.8) is 0 Å². The van der Waals surface area contributed by atoms with Crippen LogP contribution < -0.4 is 10.5 Å². The number of nitro groups is 1. The number of hydrogen-bond donors (Lipinski definition) is 2. The summed E-state index contributed by atoms with van der Waals surface area (Å²) in [5.41, 5.74) is 5.04. The van der Waals surface area contributed by atoms with Crippen molar-refractivity contribution in [1.29, 1.82) is 0 Å². The van der Waals surface area contributed by atoms with Gasteiger partial charge in [-0.15, -0.1) is 0 Å². The number of nitrogen functional groups attached to an aromatic ring is 1. The maximum atomic E-state index is 11.9. The van der Waals surface area contributed by atoms with E-state index in [1.54, 1.807) is 0 Å². The third-order valence-corrected chi connectivity index (χ3v) is 5.28. The van der Waals surface area contributed by atoms with Crippen LogP contribution >= 0.6 is 11.3 Å². The lowest BCUT2D eigenvalue weighted by atomic mass is 10.2. The molecule has 0 aliphatic rings. The fourth-order valence-corrected chi connectivity index (χ4v) is 3.75. The molecule has 0 amide bonds. The van der Waals surface area contributed by atoms with E-state index in [2.05, 4.69) is 4.72 Å². The average molecular weight is 337 g/mol. The van der Waals surface area contributed by atoms with Crippen LogP contribution in [0.15, 0.2) is 10.3 Å². The first kappa shape index (κ1) is 17.8. The molecule has 120 valence electrons. The Morgan fingerprint density at radius 1 is 1.52 bits per heavy atom. The zero-order valence-corrected chi connectivity index (χ0v) is 13.5. The summed E-state index contributed by atoms with van der Waals surface area (Å²) in [6, 6.07) is 0.970. The van der Waals surface area contributed by atoms with E-state index in [0.29, 0.717) is 36.9 Å². The average Bonchev–Trinajstić information content (AvgIpc) is 2.76. The quantitative estimate of drug-likeness (QED) is 0.400. The normalized spacial score (nSPS) is 12.0. The van der Waals surface area contributed by atoms with Crippen LogP contribution in [-0.2, 0) is 14.8 Å². The first-order valence-electron chi connectivity index (χ1n) is 6.35. The number of anilines is 1. The smallest absolute Gasteiger partial charge is 0.304 e. The minimum Gasteiger partial charge on any atom is -0.385 e. The topological polar surface area (TPSA) is 125 Å². The van der Waals surface area contributed by atoms with E-state index in [-0.39, 0.29) is 21.4 Å². The third kappa shape index (κ3) is 5.58. The molecule has 0 aliphatic heterocycles. The Labute approximate surface area is 127 Å². The summed E-state index contributed by atoms with van der Waals surface area (Å²) in [5, 5.41) is 10.5. The van der Waals surface area contributed by atoms with Crippen LogP contribution in [0.25, 0.3) is 0 Å². The fourth-order valence-electron chi connectivity index (χ4n) is 1.42. The molecule has 0 atom stereocenters.